The summed E-state index contributed by atoms with van der Waals surface area (Å²) >= 11 is 0. The number of sulfonamides is 1. The van der Waals surface area contributed by atoms with Gasteiger partial charge in [-0.2, -0.15) is 9.61 Å². The smallest absolute Gasteiger partial charge is 0.326 e. The van der Waals surface area contributed by atoms with Crippen molar-refractivity contribution >= 4 is 27.6 Å². The van der Waals surface area contributed by atoms with Gasteiger partial charge in [-0.1, -0.05) is 0 Å². The van der Waals surface area contributed by atoms with Gasteiger partial charge in [0.1, 0.15) is 28.0 Å². The minimum atomic E-state index is -4.14. The van der Waals surface area contributed by atoms with Crippen LogP contribution < -0.4 is 26.4 Å². The van der Waals surface area contributed by atoms with Gasteiger partial charge in [0, 0.05) is 29.4 Å². The van der Waals surface area contributed by atoms with E-state index in [0.29, 0.717) is 53.9 Å². The summed E-state index contributed by atoms with van der Waals surface area (Å²) in [5.74, 6) is -1.71. The molecule has 4 aromatic rings. The molecule has 1 aromatic carbocycles. The standard InChI is InChI=1S/C25H26F2N8O4S/c26-14-1-8-20(18(27)10-14)40(38,39)34-17-6-4-15(5-7-17)29-21-11-22(30-16-2-3-16)35-23(32-21)13(12-28-35)9-19-24(36)33-25(37)31-19/h1,8-12,15-17,29,34,36H,2-7H2,(H2,31,33,37)/b13-9+,30-22?. The number of H-pyrrole nitrogens is 2. The Morgan fingerprint density at radius 2 is 1.82 bits per heavy atom. The van der Waals surface area contributed by atoms with E-state index in [4.69, 9.17) is 9.98 Å². The van der Waals surface area contributed by atoms with Crippen molar-refractivity contribution in [3.63, 3.8) is 0 Å². The van der Waals surface area contributed by atoms with Crippen LogP contribution in [0.25, 0.3) is 11.7 Å². The number of aromatic hydroxyl groups is 1. The van der Waals surface area contributed by atoms with E-state index in [1.165, 1.54) is 0 Å². The largest absolute Gasteiger partial charge is 0.493 e. The van der Waals surface area contributed by atoms with Crippen molar-refractivity contribution in [2.75, 3.05) is 5.32 Å². The molecule has 0 saturated heterocycles. The Labute approximate surface area is 225 Å². The lowest BCUT2D eigenvalue weighted by Crippen LogP contribution is -2.40. The van der Waals surface area contributed by atoms with Gasteiger partial charge in [-0.25, -0.2) is 31.7 Å². The van der Waals surface area contributed by atoms with Crippen molar-refractivity contribution in [3.05, 3.63) is 69.0 Å². The third-order valence-corrected chi connectivity index (χ3v) is 8.52. The van der Waals surface area contributed by atoms with E-state index in [1.807, 2.05) is 6.07 Å². The van der Waals surface area contributed by atoms with E-state index in [2.05, 4.69) is 25.1 Å². The van der Waals surface area contributed by atoms with Gasteiger partial charge < -0.3 is 15.4 Å². The number of halogens is 2. The first-order valence-corrected chi connectivity index (χ1v) is 14.3. The maximum absolute atomic E-state index is 14.1. The van der Waals surface area contributed by atoms with Crippen LogP contribution in [0.15, 0.2) is 45.1 Å². The highest BCUT2D eigenvalue weighted by Crippen LogP contribution is 2.25. The predicted molar refractivity (Wildman–Crippen MR) is 140 cm³/mol. The summed E-state index contributed by atoms with van der Waals surface area (Å²) in [5, 5.41) is 18.3. The van der Waals surface area contributed by atoms with Gasteiger partial charge in [0.2, 0.25) is 15.9 Å². The first-order chi connectivity index (χ1) is 19.1. The number of rotatable bonds is 7. The van der Waals surface area contributed by atoms with Crippen LogP contribution in [0.5, 0.6) is 5.88 Å². The molecule has 0 spiro atoms. The molecule has 2 saturated carbocycles. The molecule has 2 aliphatic carbocycles. The Kier molecular flexibility index (Phi) is 6.62. The van der Waals surface area contributed by atoms with Crippen LogP contribution in [0.3, 0.4) is 0 Å². The molecule has 12 nitrogen and oxygen atoms in total. The van der Waals surface area contributed by atoms with Gasteiger partial charge in [0.15, 0.2) is 11.1 Å². The zero-order chi connectivity index (χ0) is 28.0. The summed E-state index contributed by atoms with van der Waals surface area (Å²) < 4.78 is 56.7. The zero-order valence-electron chi connectivity index (χ0n) is 21.1. The number of fused-ring (bicyclic) bond motifs is 1. The molecule has 3 heterocycles. The lowest BCUT2D eigenvalue weighted by Gasteiger charge is -2.29. The number of nitrogens with zero attached hydrogens (tertiary/aromatic N) is 4. The van der Waals surface area contributed by atoms with Crippen LogP contribution in [-0.4, -0.2) is 56.2 Å². The molecule has 2 aliphatic rings. The second-order valence-corrected chi connectivity index (χ2v) is 11.8. The summed E-state index contributed by atoms with van der Waals surface area (Å²) in [5.41, 5.74) is 0.750. The van der Waals surface area contributed by atoms with Crippen molar-refractivity contribution in [3.8, 4) is 5.88 Å². The quantitative estimate of drug-likeness (QED) is 0.220. The molecule has 0 unspecified atom stereocenters. The van der Waals surface area contributed by atoms with E-state index in [0.717, 1.165) is 25.0 Å². The van der Waals surface area contributed by atoms with Crippen LogP contribution in [0.4, 0.5) is 14.6 Å². The Bertz CT molecular complexity index is 1870. The molecule has 0 radical (unpaired) electrons. The van der Waals surface area contributed by atoms with E-state index >= 15 is 0 Å². The SMILES string of the molecule is O=c1[nH]c(O)c(/C=c2\cnn3c(=NC4CC4)cc(NC4CCC(NS(=O)(=O)c5ccc(F)cc5F)CC4)nc23)[nH]1. The summed E-state index contributed by atoms with van der Waals surface area (Å²) in [7, 11) is -4.14. The number of aromatic nitrogens is 5. The molecule has 2 fully saturated rings. The second kappa shape index (κ2) is 10.1. The van der Waals surface area contributed by atoms with Crippen LogP contribution in [0, 0.1) is 11.6 Å². The molecule has 0 atom stereocenters. The normalized spacial score (nSPS) is 20.9. The minimum Gasteiger partial charge on any atom is -0.493 e. The molecule has 0 amide bonds. The maximum atomic E-state index is 14.1. The highest BCUT2D eigenvalue weighted by Gasteiger charge is 2.28. The predicted octanol–water partition coefficient (Wildman–Crippen LogP) is 1.04. The molecule has 15 heteroatoms. The van der Waals surface area contributed by atoms with E-state index < -0.39 is 38.3 Å². The number of nitrogens with one attached hydrogen (secondary N) is 4. The highest BCUT2D eigenvalue weighted by molar-refractivity contribution is 7.89. The Balaban J connectivity index is 1.21. The average Bonchev–Trinajstić information content (AvgIpc) is 3.53. The third kappa shape index (κ3) is 5.47. The summed E-state index contributed by atoms with van der Waals surface area (Å²) in [4.78, 5) is 25.2. The van der Waals surface area contributed by atoms with Crippen LogP contribution >= 0.6 is 0 Å². The monoisotopic (exact) mass is 572 g/mol. The van der Waals surface area contributed by atoms with E-state index in [1.54, 1.807) is 16.8 Å². The molecule has 210 valence electrons. The molecule has 6 rings (SSSR count). The van der Waals surface area contributed by atoms with Gasteiger partial charge in [-0.15, -0.1) is 0 Å². The fourth-order valence-electron chi connectivity index (χ4n) is 4.81. The zero-order valence-corrected chi connectivity index (χ0v) is 21.9. The van der Waals surface area contributed by atoms with Crippen molar-refractivity contribution in [1.82, 2.24) is 29.3 Å². The highest BCUT2D eigenvalue weighted by atomic mass is 32.2. The third-order valence-electron chi connectivity index (χ3n) is 6.96. The Morgan fingerprint density at radius 3 is 2.50 bits per heavy atom. The minimum absolute atomic E-state index is 0.00698. The number of anilines is 1. The van der Waals surface area contributed by atoms with E-state index in [-0.39, 0.29) is 23.7 Å². The molecule has 0 bridgehead atoms. The fraction of sp³-hybridized carbons (Fsp3) is 0.360. The van der Waals surface area contributed by atoms with Gasteiger partial charge in [0.25, 0.3) is 0 Å². The lowest BCUT2D eigenvalue weighted by atomic mass is 9.92. The average molecular weight is 573 g/mol. The topological polar surface area (TPSA) is 170 Å². The number of aromatic amines is 2. The Morgan fingerprint density at radius 1 is 1.07 bits per heavy atom. The lowest BCUT2D eigenvalue weighted by molar-refractivity contribution is 0.386. The molecule has 0 aliphatic heterocycles. The number of hydrogen-bond acceptors (Lipinski definition) is 8. The summed E-state index contributed by atoms with van der Waals surface area (Å²) in [6.45, 7) is 0. The Hall–Kier alpha value is -4.11. The summed E-state index contributed by atoms with van der Waals surface area (Å²) in [6, 6.07) is 4.01. The second-order valence-electron chi connectivity index (χ2n) is 10.1. The van der Waals surface area contributed by atoms with Gasteiger partial charge in [0.05, 0.1) is 12.2 Å². The van der Waals surface area contributed by atoms with Crippen LogP contribution in [-0.2, 0) is 10.0 Å². The maximum Gasteiger partial charge on any atom is 0.326 e. The number of imidazole rings is 1. The van der Waals surface area contributed by atoms with Crippen LogP contribution in [0.1, 0.15) is 44.2 Å². The van der Waals surface area contributed by atoms with Gasteiger partial charge in [-0.05, 0) is 56.7 Å². The van der Waals surface area contributed by atoms with E-state index in [9.17, 15) is 27.1 Å². The first-order valence-electron chi connectivity index (χ1n) is 12.8. The molecular formula is C25H26F2N8O4S. The number of hydrogen-bond donors (Lipinski definition) is 5. The molecule has 40 heavy (non-hydrogen) atoms. The van der Waals surface area contributed by atoms with Crippen molar-refractivity contribution in [1.29, 1.82) is 0 Å². The first kappa shape index (κ1) is 26.1. The molecule has 5 N–H and O–H groups in total. The van der Waals surface area contributed by atoms with Crippen molar-refractivity contribution < 1.29 is 22.3 Å². The molecule has 3 aromatic heterocycles. The number of benzene rings is 1. The summed E-state index contributed by atoms with van der Waals surface area (Å²) in [6.07, 6.45) is 7.38. The van der Waals surface area contributed by atoms with Crippen molar-refractivity contribution in [2.24, 2.45) is 4.99 Å². The fourth-order valence-corrected chi connectivity index (χ4v) is 6.18. The van der Waals surface area contributed by atoms with Gasteiger partial charge >= 0.3 is 5.69 Å². The van der Waals surface area contributed by atoms with Crippen molar-refractivity contribution in [2.45, 2.75) is 61.5 Å². The molecular weight excluding hydrogens is 546 g/mol. The van der Waals surface area contributed by atoms with Crippen LogP contribution in [0.2, 0.25) is 0 Å². The van der Waals surface area contributed by atoms with Gasteiger partial charge in [-0.3, -0.25) is 9.98 Å².